The fraction of sp³-hybridized carbons (Fsp3) is 0.400. The topological polar surface area (TPSA) is 18.5 Å². The molecule has 1 aliphatic heterocycles. The number of aryl methyl sites for hydroxylation is 2. The van der Waals surface area contributed by atoms with Gasteiger partial charge in [-0.3, -0.25) is 0 Å². The predicted octanol–water partition coefficient (Wildman–Crippen LogP) is 4.27. The largest absolute Gasteiger partial charge is 0.495 e. The molecule has 120 valence electrons. The molecular formula is C20H25BO2. The average molecular weight is 308 g/mol. The number of hydrogen-bond acceptors (Lipinski definition) is 2. The predicted molar refractivity (Wildman–Crippen MR) is 97.1 cm³/mol. The van der Waals surface area contributed by atoms with E-state index in [1.807, 2.05) is 0 Å². The minimum atomic E-state index is -0.338. The zero-order valence-corrected chi connectivity index (χ0v) is 14.9. The Kier molecular flexibility index (Phi) is 3.90. The summed E-state index contributed by atoms with van der Waals surface area (Å²) < 4.78 is 12.6. The monoisotopic (exact) mass is 308 g/mol. The molecule has 23 heavy (non-hydrogen) atoms. The van der Waals surface area contributed by atoms with E-state index in [0.29, 0.717) is 0 Å². The number of hydrogen-bond donors (Lipinski definition) is 0. The molecule has 0 atom stereocenters. The van der Waals surface area contributed by atoms with E-state index < -0.39 is 0 Å². The summed E-state index contributed by atoms with van der Waals surface area (Å²) in [4.78, 5) is 0. The first kappa shape index (κ1) is 16.3. The molecule has 0 aromatic heterocycles. The normalized spacial score (nSPS) is 19.1. The van der Waals surface area contributed by atoms with Gasteiger partial charge in [-0.1, -0.05) is 42.5 Å². The maximum absolute atomic E-state index is 6.28. The number of rotatable bonds is 2. The minimum absolute atomic E-state index is 0.329. The fourth-order valence-corrected chi connectivity index (χ4v) is 3.08. The Bertz CT molecular complexity index is 718. The van der Waals surface area contributed by atoms with Crippen molar-refractivity contribution >= 4 is 12.6 Å². The van der Waals surface area contributed by atoms with Crippen LogP contribution in [-0.2, 0) is 9.31 Å². The summed E-state index contributed by atoms with van der Waals surface area (Å²) in [6.07, 6.45) is 0. The van der Waals surface area contributed by atoms with E-state index in [9.17, 15) is 0 Å². The molecule has 2 aromatic rings. The van der Waals surface area contributed by atoms with Crippen molar-refractivity contribution < 1.29 is 9.31 Å². The maximum Gasteiger partial charge on any atom is 0.495 e. The van der Waals surface area contributed by atoms with Gasteiger partial charge in [-0.05, 0) is 69.3 Å². The molecule has 1 saturated heterocycles. The Morgan fingerprint density at radius 2 is 1.30 bits per heavy atom. The second-order valence-electron chi connectivity index (χ2n) is 7.44. The van der Waals surface area contributed by atoms with Gasteiger partial charge in [0.25, 0.3) is 0 Å². The van der Waals surface area contributed by atoms with Gasteiger partial charge in [-0.2, -0.15) is 0 Å². The summed E-state index contributed by atoms with van der Waals surface area (Å²) in [5.41, 5.74) is 5.43. The van der Waals surface area contributed by atoms with Crippen LogP contribution in [0.5, 0.6) is 0 Å². The van der Waals surface area contributed by atoms with Crippen LogP contribution in [0.4, 0.5) is 0 Å². The minimum Gasteiger partial charge on any atom is -0.399 e. The van der Waals surface area contributed by atoms with Gasteiger partial charge in [0.15, 0.2) is 0 Å². The highest BCUT2D eigenvalue weighted by atomic mass is 16.7. The Balaban J connectivity index is 2.13. The summed E-state index contributed by atoms with van der Waals surface area (Å²) in [5, 5.41) is 0. The molecule has 3 rings (SSSR count). The molecule has 1 aliphatic rings. The molecule has 2 aromatic carbocycles. The quantitative estimate of drug-likeness (QED) is 0.771. The Hall–Kier alpha value is -1.58. The molecule has 0 saturated carbocycles. The van der Waals surface area contributed by atoms with Gasteiger partial charge in [0, 0.05) is 0 Å². The van der Waals surface area contributed by atoms with Crippen molar-refractivity contribution in [2.45, 2.75) is 52.7 Å². The molecule has 0 bridgehead atoms. The third-order valence-electron chi connectivity index (χ3n) is 5.23. The first-order valence-corrected chi connectivity index (χ1v) is 8.24. The van der Waals surface area contributed by atoms with Gasteiger partial charge < -0.3 is 9.31 Å². The molecule has 0 amide bonds. The van der Waals surface area contributed by atoms with E-state index in [0.717, 1.165) is 5.46 Å². The first-order valence-electron chi connectivity index (χ1n) is 8.24. The van der Waals surface area contributed by atoms with Crippen LogP contribution in [0.15, 0.2) is 42.5 Å². The lowest BCUT2D eigenvalue weighted by atomic mass is 9.72. The van der Waals surface area contributed by atoms with Crippen LogP contribution in [-0.4, -0.2) is 18.3 Å². The van der Waals surface area contributed by atoms with E-state index >= 15 is 0 Å². The average Bonchev–Trinajstić information content (AvgIpc) is 2.68. The van der Waals surface area contributed by atoms with Crippen molar-refractivity contribution in [1.29, 1.82) is 0 Å². The van der Waals surface area contributed by atoms with Gasteiger partial charge in [0.05, 0.1) is 11.2 Å². The fourth-order valence-electron chi connectivity index (χ4n) is 3.08. The van der Waals surface area contributed by atoms with Crippen molar-refractivity contribution in [3.63, 3.8) is 0 Å². The van der Waals surface area contributed by atoms with Gasteiger partial charge in [-0.25, -0.2) is 0 Å². The zero-order chi connectivity index (χ0) is 16.8. The molecule has 1 heterocycles. The van der Waals surface area contributed by atoms with E-state index in [2.05, 4.69) is 84.0 Å². The van der Waals surface area contributed by atoms with Gasteiger partial charge >= 0.3 is 7.12 Å². The Labute approximate surface area is 140 Å². The van der Waals surface area contributed by atoms with Crippen LogP contribution in [0.2, 0.25) is 0 Å². The van der Waals surface area contributed by atoms with E-state index in [1.54, 1.807) is 0 Å². The van der Waals surface area contributed by atoms with E-state index in [-0.39, 0.29) is 18.3 Å². The number of benzene rings is 2. The van der Waals surface area contributed by atoms with Gasteiger partial charge in [0.2, 0.25) is 0 Å². The van der Waals surface area contributed by atoms with Crippen molar-refractivity contribution in [2.24, 2.45) is 0 Å². The highest BCUT2D eigenvalue weighted by molar-refractivity contribution is 6.64. The standard InChI is InChI=1S/C20H25BO2/c1-14-10-7-8-12-16(14)18-15(2)11-9-13-17(18)21-22-19(3,4)20(5,6)23-21/h7-13H,1-6H3. The third-order valence-corrected chi connectivity index (χ3v) is 5.23. The summed E-state index contributed by atoms with van der Waals surface area (Å²) >= 11 is 0. The lowest BCUT2D eigenvalue weighted by Gasteiger charge is -2.32. The van der Waals surface area contributed by atoms with Gasteiger partial charge in [-0.15, -0.1) is 0 Å². The van der Waals surface area contributed by atoms with Gasteiger partial charge in [0.1, 0.15) is 0 Å². The SMILES string of the molecule is Cc1ccccc1-c1c(C)cccc1B1OC(C)(C)C(C)(C)O1. The van der Waals surface area contributed by atoms with E-state index in [1.165, 1.54) is 22.3 Å². The lowest BCUT2D eigenvalue weighted by molar-refractivity contribution is 0.00578. The second kappa shape index (κ2) is 5.50. The highest BCUT2D eigenvalue weighted by Crippen LogP contribution is 2.37. The van der Waals surface area contributed by atoms with Crippen molar-refractivity contribution in [2.75, 3.05) is 0 Å². The zero-order valence-electron chi connectivity index (χ0n) is 14.9. The molecule has 3 heteroatoms. The molecule has 2 nitrogen and oxygen atoms in total. The molecule has 0 aliphatic carbocycles. The van der Waals surface area contributed by atoms with Crippen LogP contribution in [0.25, 0.3) is 11.1 Å². The molecule has 0 spiro atoms. The summed E-state index contributed by atoms with van der Waals surface area (Å²) in [7, 11) is -0.338. The lowest BCUT2D eigenvalue weighted by Crippen LogP contribution is -2.41. The summed E-state index contributed by atoms with van der Waals surface area (Å²) in [5.74, 6) is 0. The molecular weight excluding hydrogens is 283 g/mol. The van der Waals surface area contributed by atoms with Crippen molar-refractivity contribution in [3.05, 3.63) is 53.6 Å². The Morgan fingerprint density at radius 1 is 0.739 bits per heavy atom. The summed E-state index contributed by atoms with van der Waals surface area (Å²) in [6.45, 7) is 12.7. The van der Waals surface area contributed by atoms with Crippen LogP contribution in [0, 0.1) is 13.8 Å². The van der Waals surface area contributed by atoms with Crippen molar-refractivity contribution in [3.8, 4) is 11.1 Å². The smallest absolute Gasteiger partial charge is 0.399 e. The van der Waals surface area contributed by atoms with Crippen LogP contribution < -0.4 is 5.46 Å². The Morgan fingerprint density at radius 3 is 1.91 bits per heavy atom. The summed E-state index contributed by atoms with van der Waals surface area (Å²) in [6, 6.07) is 14.8. The van der Waals surface area contributed by atoms with Crippen LogP contribution in [0.3, 0.4) is 0 Å². The molecule has 1 fully saturated rings. The molecule has 0 radical (unpaired) electrons. The second-order valence-corrected chi connectivity index (χ2v) is 7.44. The molecule has 0 N–H and O–H groups in total. The van der Waals surface area contributed by atoms with Crippen LogP contribution in [0.1, 0.15) is 38.8 Å². The van der Waals surface area contributed by atoms with Crippen LogP contribution >= 0.6 is 0 Å². The third kappa shape index (κ3) is 2.73. The van der Waals surface area contributed by atoms with E-state index in [4.69, 9.17) is 9.31 Å². The molecule has 0 unspecified atom stereocenters. The van der Waals surface area contributed by atoms with Crippen molar-refractivity contribution in [1.82, 2.24) is 0 Å². The highest BCUT2D eigenvalue weighted by Gasteiger charge is 2.52. The maximum atomic E-state index is 6.28. The first-order chi connectivity index (χ1) is 10.7.